The first kappa shape index (κ1) is 7.17. The smallest absolute Gasteiger partial charge is 0.166 e. The van der Waals surface area contributed by atoms with Crippen molar-refractivity contribution in [3.8, 4) is 0 Å². The minimum Gasteiger partial charge on any atom is -0.480 e. The molecule has 1 aliphatic heterocycles. The fourth-order valence-corrected chi connectivity index (χ4v) is 0.400. The number of nitrogens with two attached hydrogens (primary N) is 1. The van der Waals surface area contributed by atoms with Crippen molar-refractivity contribution in [3.63, 3.8) is 0 Å². The van der Waals surface area contributed by atoms with Crippen LogP contribution in [0.25, 0.3) is 0 Å². The Labute approximate surface area is 47.0 Å². The van der Waals surface area contributed by atoms with Gasteiger partial charge in [0, 0.05) is 0 Å². The van der Waals surface area contributed by atoms with Crippen LogP contribution in [0, 0.1) is 0 Å². The van der Waals surface area contributed by atoms with Gasteiger partial charge in [0.25, 0.3) is 0 Å². The summed E-state index contributed by atoms with van der Waals surface area (Å²) in [5.41, 5.74) is 5.27. The van der Waals surface area contributed by atoms with Crippen LogP contribution in [0.4, 0.5) is 4.70 Å². The number of allylic oxidation sites excluding steroid dienone is 2. The average molecular weight is 117 g/mol. The molecule has 2 nitrogen and oxygen atoms in total. The molecule has 1 aliphatic rings. The summed E-state index contributed by atoms with van der Waals surface area (Å²) < 4.78 is 4.79. The van der Waals surface area contributed by atoms with E-state index in [2.05, 4.69) is 0 Å². The molecule has 0 fully saturated rings. The number of rotatable bonds is 0. The topological polar surface area (TPSA) is 35.2 Å². The minimum absolute atomic E-state index is 0. The van der Waals surface area contributed by atoms with Crippen molar-refractivity contribution in [1.82, 2.24) is 0 Å². The van der Waals surface area contributed by atoms with E-state index in [0.717, 1.165) is 0 Å². The molecule has 0 saturated heterocycles. The van der Waals surface area contributed by atoms with Crippen LogP contribution < -0.4 is 5.73 Å². The lowest BCUT2D eigenvalue weighted by Crippen LogP contribution is -2.19. The maximum absolute atomic E-state index is 5.27. The monoisotopic (exact) mass is 117 g/mol. The molecule has 0 bridgehead atoms. The third kappa shape index (κ3) is 1.75. The lowest BCUT2D eigenvalue weighted by Gasteiger charge is -2.06. The molecule has 8 heavy (non-hydrogen) atoms. The van der Waals surface area contributed by atoms with E-state index in [1.807, 2.05) is 6.08 Å². The summed E-state index contributed by atoms with van der Waals surface area (Å²) >= 11 is 0. The normalized spacial score (nSPS) is 23.9. The van der Waals surface area contributed by atoms with E-state index in [1.54, 1.807) is 18.4 Å². The fourth-order valence-electron chi connectivity index (χ4n) is 0.400. The zero-order valence-corrected chi connectivity index (χ0v) is 4.28. The lowest BCUT2D eigenvalue weighted by molar-refractivity contribution is 0.190. The molecule has 0 aromatic heterocycles. The number of halogens is 1. The summed E-state index contributed by atoms with van der Waals surface area (Å²) in [6, 6.07) is 0. The molecule has 1 rings (SSSR count). The van der Waals surface area contributed by atoms with Crippen molar-refractivity contribution >= 4 is 0 Å². The molecule has 0 aromatic rings. The van der Waals surface area contributed by atoms with Gasteiger partial charge in [-0.25, -0.2) is 0 Å². The molecule has 1 unspecified atom stereocenters. The molecule has 1 heterocycles. The second-order valence-electron chi connectivity index (χ2n) is 1.31. The van der Waals surface area contributed by atoms with E-state index in [0.29, 0.717) is 0 Å². The highest BCUT2D eigenvalue weighted by Crippen LogP contribution is 1.93. The average Bonchev–Trinajstić information content (AvgIpc) is 1.69. The highest BCUT2D eigenvalue weighted by Gasteiger charge is 1.92. The fraction of sp³-hybridized carbons (Fsp3) is 0.200. The molecule has 0 spiro atoms. The summed E-state index contributed by atoms with van der Waals surface area (Å²) in [5.74, 6) is 0. The van der Waals surface area contributed by atoms with Gasteiger partial charge < -0.3 is 4.74 Å². The first-order chi connectivity index (χ1) is 3.39. The van der Waals surface area contributed by atoms with Crippen LogP contribution in [-0.2, 0) is 4.74 Å². The molecule has 0 aromatic carbocycles. The van der Waals surface area contributed by atoms with Gasteiger partial charge in [0.15, 0.2) is 6.23 Å². The van der Waals surface area contributed by atoms with E-state index in [1.165, 1.54) is 0 Å². The van der Waals surface area contributed by atoms with E-state index in [9.17, 15) is 0 Å². The molecule has 3 heteroatoms. The van der Waals surface area contributed by atoms with Gasteiger partial charge in [0.1, 0.15) is 0 Å². The Balaban J connectivity index is 0.000000490. The molecule has 0 saturated carbocycles. The van der Waals surface area contributed by atoms with Gasteiger partial charge in [-0.2, -0.15) is 0 Å². The number of ether oxygens (including phenoxy) is 1. The second-order valence-corrected chi connectivity index (χ2v) is 1.31. The maximum atomic E-state index is 5.27. The van der Waals surface area contributed by atoms with Gasteiger partial charge >= 0.3 is 0 Å². The van der Waals surface area contributed by atoms with Crippen molar-refractivity contribution in [1.29, 1.82) is 0 Å². The van der Waals surface area contributed by atoms with Crippen molar-refractivity contribution in [2.75, 3.05) is 0 Å². The Morgan fingerprint density at radius 1 is 1.38 bits per heavy atom. The van der Waals surface area contributed by atoms with Crippen LogP contribution >= 0.6 is 0 Å². The van der Waals surface area contributed by atoms with Crippen LogP contribution in [0.3, 0.4) is 0 Å². The lowest BCUT2D eigenvalue weighted by atomic mass is 10.4. The highest BCUT2D eigenvalue weighted by molar-refractivity contribution is 5.05. The second kappa shape index (κ2) is 3.21. The van der Waals surface area contributed by atoms with Crippen molar-refractivity contribution in [3.05, 3.63) is 24.5 Å². The largest absolute Gasteiger partial charge is 0.480 e. The molecular formula is C5H8FNO. The summed E-state index contributed by atoms with van der Waals surface area (Å²) in [6.07, 6.45) is 6.77. The van der Waals surface area contributed by atoms with Gasteiger partial charge in [-0.3, -0.25) is 10.4 Å². The van der Waals surface area contributed by atoms with Crippen LogP contribution in [0.2, 0.25) is 0 Å². The molecule has 0 radical (unpaired) electrons. The zero-order chi connectivity index (χ0) is 5.11. The van der Waals surface area contributed by atoms with Crippen LogP contribution in [0.1, 0.15) is 0 Å². The van der Waals surface area contributed by atoms with Crippen molar-refractivity contribution in [2.45, 2.75) is 6.23 Å². The van der Waals surface area contributed by atoms with E-state index in [-0.39, 0.29) is 10.9 Å². The van der Waals surface area contributed by atoms with Crippen molar-refractivity contribution in [2.24, 2.45) is 5.73 Å². The third-order valence-electron chi connectivity index (χ3n) is 0.726. The van der Waals surface area contributed by atoms with E-state index in [4.69, 9.17) is 10.5 Å². The van der Waals surface area contributed by atoms with Gasteiger partial charge in [-0.15, -0.1) is 0 Å². The maximum Gasteiger partial charge on any atom is 0.166 e. The Kier molecular flexibility index (Phi) is 2.88. The molecule has 46 valence electrons. The Morgan fingerprint density at radius 3 is 2.38 bits per heavy atom. The Morgan fingerprint density at radius 2 is 2.12 bits per heavy atom. The third-order valence-corrected chi connectivity index (χ3v) is 0.726. The predicted molar refractivity (Wildman–Crippen MR) is 29.8 cm³/mol. The first-order valence-corrected chi connectivity index (χ1v) is 2.14. The summed E-state index contributed by atoms with van der Waals surface area (Å²) in [4.78, 5) is 0. The molecule has 0 aliphatic carbocycles. The van der Waals surface area contributed by atoms with Gasteiger partial charge in [-0.1, -0.05) is 6.08 Å². The molecule has 0 amide bonds. The Hall–Kier alpha value is -0.830. The quantitative estimate of drug-likeness (QED) is 0.502. The van der Waals surface area contributed by atoms with Gasteiger partial charge in [0.05, 0.1) is 6.26 Å². The minimum atomic E-state index is -0.231. The van der Waals surface area contributed by atoms with Crippen molar-refractivity contribution < 1.29 is 9.44 Å². The summed E-state index contributed by atoms with van der Waals surface area (Å²) in [6.45, 7) is 0. The zero-order valence-electron chi connectivity index (χ0n) is 4.28. The van der Waals surface area contributed by atoms with E-state index >= 15 is 0 Å². The number of hydrogen-bond acceptors (Lipinski definition) is 2. The SMILES string of the molecule is F.NC1C=CC=CO1. The van der Waals surface area contributed by atoms with Crippen LogP contribution in [0.5, 0.6) is 0 Å². The molecular weight excluding hydrogens is 109 g/mol. The van der Waals surface area contributed by atoms with Gasteiger partial charge in [0.2, 0.25) is 0 Å². The number of hydrogen-bond donors (Lipinski definition) is 1. The first-order valence-electron chi connectivity index (χ1n) is 2.14. The Bertz CT molecular complexity index is 111. The summed E-state index contributed by atoms with van der Waals surface area (Å²) in [7, 11) is 0. The van der Waals surface area contributed by atoms with E-state index < -0.39 is 0 Å². The molecule has 1 atom stereocenters. The molecule has 2 N–H and O–H groups in total. The van der Waals surface area contributed by atoms with Crippen LogP contribution in [-0.4, -0.2) is 6.23 Å². The van der Waals surface area contributed by atoms with Crippen LogP contribution in [0.15, 0.2) is 24.5 Å². The predicted octanol–water partition coefficient (Wildman–Crippen LogP) is 0.524. The summed E-state index contributed by atoms with van der Waals surface area (Å²) in [5, 5.41) is 0. The standard InChI is InChI=1S/C5H7NO.FH/c6-5-3-1-2-4-7-5;/h1-5H,6H2;1H. The van der Waals surface area contributed by atoms with Gasteiger partial charge in [-0.05, 0) is 12.2 Å². The highest BCUT2D eigenvalue weighted by atomic mass is 19.0.